The number of amides is 2. The number of alkyl halides is 3. The van der Waals surface area contributed by atoms with Gasteiger partial charge in [0.15, 0.2) is 0 Å². The van der Waals surface area contributed by atoms with Gasteiger partial charge in [-0.1, -0.05) is 12.1 Å². The maximum absolute atomic E-state index is 12.1. The van der Waals surface area contributed by atoms with Crippen molar-refractivity contribution in [3.63, 3.8) is 0 Å². The maximum Gasteiger partial charge on any atom is 0.401 e. The molecule has 0 aliphatic rings. The summed E-state index contributed by atoms with van der Waals surface area (Å²) in [7, 11) is 1.39. The van der Waals surface area contributed by atoms with Crippen LogP contribution in [0.15, 0.2) is 24.3 Å². The van der Waals surface area contributed by atoms with Gasteiger partial charge in [-0.15, -0.1) is 0 Å². The highest BCUT2D eigenvalue weighted by Crippen LogP contribution is 2.15. The normalized spacial score (nSPS) is 11.1. The number of benzene rings is 1. The second kappa shape index (κ2) is 9.00. The van der Waals surface area contributed by atoms with E-state index in [1.807, 2.05) is 6.07 Å². The Bertz CT molecular complexity index is 537. The number of carbonyl (C=O) groups excluding carboxylic acids is 1. The van der Waals surface area contributed by atoms with E-state index in [9.17, 15) is 18.0 Å². The topological polar surface area (TPSA) is 68.2 Å². The van der Waals surface area contributed by atoms with Crippen LogP contribution in [0.2, 0.25) is 0 Å². The van der Waals surface area contributed by atoms with Crippen LogP contribution >= 0.6 is 0 Å². The van der Waals surface area contributed by atoms with Crippen LogP contribution in [0.1, 0.15) is 17.5 Å². The van der Waals surface area contributed by atoms with Gasteiger partial charge in [0.25, 0.3) is 0 Å². The lowest BCUT2D eigenvalue weighted by molar-refractivity contribution is -0.143. The van der Waals surface area contributed by atoms with Crippen molar-refractivity contribution in [3.8, 4) is 6.07 Å². The van der Waals surface area contributed by atoms with Gasteiger partial charge in [-0.2, -0.15) is 18.4 Å². The second-order valence-corrected chi connectivity index (χ2v) is 5.12. The number of carbonyl (C=O) groups is 1. The molecule has 0 radical (unpaired) electrons. The number of urea groups is 1. The van der Waals surface area contributed by atoms with Crippen molar-refractivity contribution in [2.24, 2.45) is 0 Å². The van der Waals surface area contributed by atoms with Crippen LogP contribution in [0.3, 0.4) is 0 Å². The molecule has 0 saturated heterocycles. The molecular formula is C15H19F3N4O. The predicted molar refractivity (Wildman–Crippen MR) is 79.6 cm³/mol. The number of hydrogen-bond donors (Lipinski definition) is 2. The molecule has 8 heteroatoms. The zero-order valence-corrected chi connectivity index (χ0v) is 12.8. The fourth-order valence-electron chi connectivity index (χ4n) is 1.88. The van der Waals surface area contributed by atoms with E-state index < -0.39 is 12.7 Å². The first-order chi connectivity index (χ1) is 10.8. The van der Waals surface area contributed by atoms with Gasteiger partial charge in [-0.25, -0.2) is 4.79 Å². The highest BCUT2D eigenvalue weighted by molar-refractivity contribution is 5.73. The third-order valence-corrected chi connectivity index (χ3v) is 2.99. The first-order valence-electron chi connectivity index (χ1n) is 7.06. The van der Waals surface area contributed by atoms with Gasteiger partial charge in [-0.3, -0.25) is 4.90 Å². The standard InChI is InChI=1S/C15H19F3N4O/c1-22(11-15(16,17)18)8-2-7-20-14(23)21-10-13-5-3-12(9-19)4-6-13/h3-6H,2,7-8,10-11H2,1H3,(H2,20,21,23). The Kier molecular flexibility index (Phi) is 7.35. The molecule has 1 rings (SSSR count). The van der Waals surface area contributed by atoms with E-state index in [1.165, 1.54) is 7.05 Å². The summed E-state index contributed by atoms with van der Waals surface area (Å²) in [5.74, 6) is 0. The van der Waals surface area contributed by atoms with Crippen LogP contribution in [0.4, 0.5) is 18.0 Å². The molecule has 0 heterocycles. The van der Waals surface area contributed by atoms with Crippen molar-refractivity contribution in [3.05, 3.63) is 35.4 Å². The van der Waals surface area contributed by atoms with E-state index in [2.05, 4.69) is 10.6 Å². The van der Waals surface area contributed by atoms with E-state index in [-0.39, 0.29) is 12.6 Å². The molecule has 0 unspecified atom stereocenters. The lowest BCUT2D eigenvalue weighted by Crippen LogP contribution is -2.37. The Morgan fingerprint density at radius 1 is 1.26 bits per heavy atom. The van der Waals surface area contributed by atoms with Crippen molar-refractivity contribution >= 4 is 6.03 Å². The fourth-order valence-corrected chi connectivity index (χ4v) is 1.88. The van der Waals surface area contributed by atoms with E-state index in [0.717, 1.165) is 10.5 Å². The average Bonchev–Trinajstić information content (AvgIpc) is 2.48. The molecule has 0 aromatic heterocycles. The van der Waals surface area contributed by atoms with Gasteiger partial charge in [0, 0.05) is 13.1 Å². The van der Waals surface area contributed by atoms with E-state index in [4.69, 9.17) is 5.26 Å². The van der Waals surface area contributed by atoms with Gasteiger partial charge in [0.05, 0.1) is 18.2 Å². The third kappa shape index (κ3) is 8.68. The SMILES string of the molecule is CN(CCCNC(=O)NCc1ccc(C#N)cc1)CC(F)(F)F. The molecule has 0 aliphatic heterocycles. The first-order valence-corrected chi connectivity index (χ1v) is 7.06. The molecule has 2 N–H and O–H groups in total. The Morgan fingerprint density at radius 3 is 2.48 bits per heavy atom. The molecule has 5 nitrogen and oxygen atoms in total. The predicted octanol–water partition coefficient (Wildman–Crippen LogP) is 2.24. The quantitative estimate of drug-likeness (QED) is 0.754. The number of hydrogen-bond acceptors (Lipinski definition) is 3. The number of rotatable bonds is 7. The summed E-state index contributed by atoms with van der Waals surface area (Å²) in [6.07, 6.45) is -3.78. The molecule has 0 aliphatic carbocycles. The van der Waals surface area contributed by atoms with Gasteiger partial charge < -0.3 is 10.6 Å². The van der Waals surface area contributed by atoms with Crippen molar-refractivity contribution in [1.82, 2.24) is 15.5 Å². The minimum absolute atomic E-state index is 0.245. The van der Waals surface area contributed by atoms with Crippen LogP contribution in [-0.4, -0.2) is 43.8 Å². The number of halogens is 3. The zero-order chi connectivity index (χ0) is 17.3. The molecule has 0 fully saturated rings. The molecule has 0 atom stereocenters. The summed E-state index contributed by atoms with van der Waals surface area (Å²) in [5.41, 5.74) is 1.39. The van der Waals surface area contributed by atoms with E-state index >= 15 is 0 Å². The smallest absolute Gasteiger partial charge is 0.338 e. The minimum Gasteiger partial charge on any atom is -0.338 e. The first kappa shape index (κ1) is 18.8. The van der Waals surface area contributed by atoms with Crippen molar-refractivity contribution in [1.29, 1.82) is 5.26 Å². The lowest BCUT2D eigenvalue weighted by atomic mass is 10.1. The van der Waals surface area contributed by atoms with Crippen molar-refractivity contribution in [2.45, 2.75) is 19.1 Å². The summed E-state index contributed by atoms with van der Waals surface area (Å²) in [6, 6.07) is 8.42. The number of nitrogens with one attached hydrogen (secondary N) is 2. The molecule has 0 saturated carbocycles. The van der Waals surface area contributed by atoms with Gasteiger partial charge >= 0.3 is 12.2 Å². The fraction of sp³-hybridized carbons (Fsp3) is 0.467. The van der Waals surface area contributed by atoms with Crippen LogP contribution in [0.25, 0.3) is 0 Å². The van der Waals surface area contributed by atoms with Crippen molar-refractivity contribution in [2.75, 3.05) is 26.7 Å². The second-order valence-electron chi connectivity index (χ2n) is 5.12. The Labute approximate surface area is 133 Å². The molecule has 1 aromatic rings. The minimum atomic E-state index is -4.21. The Hall–Kier alpha value is -2.27. The van der Waals surface area contributed by atoms with Crippen molar-refractivity contribution < 1.29 is 18.0 Å². The summed E-state index contributed by atoms with van der Waals surface area (Å²) in [6.45, 7) is -0.111. The Balaban J connectivity index is 2.16. The van der Waals surface area contributed by atoms with Crippen LogP contribution in [-0.2, 0) is 6.54 Å². The van der Waals surface area contributed by atoms with Gasteiger partial charge in [0.1, 0.15) is 0 Å². The zero-order valence-electron chi connectivity index (χ0n) is 12.8. The summed E-state index contributed by atoms with van der Waals surface area (Å²) < 4.78 is 36.3. The number of nitriles is 1. The van der Waals surface area contributed by atoms with E-state index in [1.54, 1.807) is 24.3 Å². The molecular weight excluding hydrogens is 309 g/mol. The summed E-state index contributed by atoms with van der Waals surface area (Å²) >= 11 is 0. The number of nitrogens with zero attached hydrogens (tertiary/aromatic N) is 2. The Morgan fingerprint density at radius 2 is 1.91 bits per heavy atom. The molecule has 0 spiro atoms. The highest BCUT2D eigenvalue weighted by atomic mass is 19.4. The molecule has 2 amide bonds. The largest absolute Gasteiger partial charge is 0.401 e. The molecule has 0 bridgehead atoms. The molecule has 1 aromatic carbocycles. The maximum atomic E-state index is 12.1. The average molecular weight is 328 g/mol. The van der Waals surface area contributed by atoms with Crippen LogP contribution < -0.4 is 10.6 Å². The van der Waals surface area contributed by atoms with Gasteiger partial charge in [-0.05, 0) is 37.7 Å². The third-order valence-electron chi connectivity index (χ3n) is 2.99. The van der Waals surface area contributed by atoms with Crippen LogP contribution in [0.5, 0.6) is 0 Å². The molecule has 126 valence electrons. The van der Waals surface area contributed by atoms with E-state index in [0.29, 0.717) is 25.1 Å². The molecule has 23 heavy (non-hydrogen) atoms. The van der Waals surface area contributed by atoms with Crippen LogP contribution in [0, 0.1) is 11.3 Å². The highest BCUT2D eigenvalue weighted by Gasteiger charge is 2.28. The summed E-state index contributed by atoms with van der Waals surface area (Å²) in [4.78, 5) is 12.7. The summed E-state index contributed by atoms with van der Waals surface area (Å²) in [5, 5.41) is 13.9. The van der Waals surface area contributed by atoms with Gasteiger partial charge in [0.2, 0.25) is 0 Å². The lowest BCUT2D eigenvalue weighted by Gasteiger charge is -2.18. The monoisotopic (exact) mass is 328 g/mol.